The first-order chi connectivity index (χ1) is 12.4. The summed E-state index contributed by atoms with van der Waals surface area (Å²) in [5, 5.41) is 3.12. The van der Waals surface area contributed by atoms with E-state index < -0.39 is 10.0 Å². The lowest BCUT2D eigenvalue weighted by molar-refractivity contribution is -0.124. The molecule has 0 aliphatic heterocycles. The number of hydrogen-bond donors (Lipinski definition) is 2. The van der Waals surface area contributed by atoms with E-state index in [1.54, 1.807) is 0 Å². The van der Waals surface area contributed by atoms with E-state index in [-0.39, 0.29) is 34.2 Å². The number of nitrogens with one attached hydrogen (secondary N) is 2. The van der Waals surface area contributed by atoms with Crippen molar-refractivity contribution in [3.05, 3.63) is 23.2 Å². The van der Waals surface area contributed by atoms with Crippen molar-refractivity contribution in [3.8, 4) is 5.75 Å². The van der Waals surface area contributed by atoms with Crippen molar-refractivity contribution in [1.82, 2.24) is 10.0 Å². The maximum atomic E-state index is 12.2. The Morgan fingerprint density at radius 3 is 2.65 bits per heavy atom. The van der Waals surface area contributed by atoms with E-state index in [4.69, 9.17) is 16.3 Å². The minimum Gasteiger partial charge on any atom is -0.482 e. The monoisotopic (exact) mass is 402 g/mol. The van der Waals surface area contributed by atoms with Crippen LogP contribution in [0.4, 0.5) is 0 Å². The lowest BCUT2D eigenvalue weighted by Gasteiger charge is -2.22. The first-order valence-electron chi connectivity index (χ1n) is 9.13. The van der Waals surface area contributed by atoms with Crippen LogP contribution < -0.4 is 14.8 Å². The summed E-state index contributed by atoms with van der Waals surface area (Å²) in [7, 11) is -3.59. The van der Waals surface area contributed by atoms with Crippen molar-refractivity contribution in [2.45, 2.75) is 62.8 Å². The van der Waals surface area contributed by atoms with Gasteiger partial charge in [-0.1, -0.05) is 44.2 Å². The molecule has 1 amide bonds. The van der Waals surface area contributed by atoms with Gasteiger partial charge in [0.05, 0.1) is 9.92 Å². The minimum absolute atomic E-state index is 0.0811. The molecule has 6 nitrogen and oxygen atoms in total. The fourth-order valence-electron chi connectivity index (χ4n) is 2.89. The maximum Gasteiger partial charge on any atom is 0.258 e. The number of benzene rings is 1. The smallest absolute Gasteiger partial charge is 0.258 e. The van der Waals surface area contributed by atoms with Gasteiger partial charge in [0.15, 0.2) is 6.61 Å². The van der Waals surface area contributed by atoms with Gasteiger partial charge in [-0.05, 0) is 37.5 Å². The van der Waals surface area contributed by atoms with Crippen molar-refractivity contribution in [3.63, 3.8) is 0 Å². The molecule has 26 heavy (non-hydrogen) atoms. The average molecular weight is 403 g/mol. The third kappa shape index (κ3) is 6.45. The SMILES string of the molecule is CCCCNS(=O)(=O)c1ccc(OCC(=O)NC2CCCCC2)c(Cl)c1. The van der Waals surface area contributed by atoms with Gasteiger partial charge in [0.1, 0.15) is 5.75 Å². The number of unbranched alkanes of at least 4 members (excludes halogenated alkanes) is 1. The summed E-state index contributed by atoms with van der Waals surface area (Å²) >= 11 is 6.12. The molecule has 0 radical (unpaired) electrons. The van der Waals surface area contributed by atoms with E-state index in [9.17, 15) is 13.2 Å². The van der Waals surface area contributed by atoms with Crippen molar-refractivity contribution in [2.75, 3.05) is 13.2 Å². The molecular formula is C18H27ClN2O4S. The van der Waals surface area contributed by atoms with Crippen molar-refractivity contribution in [1.29, 1.82) is 0 Å². The van der Waals surface area contributed by atoms with E-state index >= 15 is 0 Å². The summed E-state index contributed by atoms with van der Waals surface area (Å²) in [4.78, 5) is 12.1. The second-order valence-electron chi connectivity index (χ2n) is 6.53. The quantitative estimate of drug-likeness (QED) is 0.621. The van der Waals surface area contributed by atoms with Gasteiger partial charge in [-0.3, -0.25) is 4.79 Å². The molecule has 0 aromatic heterocycles. The molecule has 1 aliphatic rings. The molecule has 8 heteroatoms. The van der Waals surface area contributed by atoms with E-state index in [0.717, 1.165) is 38.5 Å². The predicted octanol–water partition coefficient (Wildman–Crippen LogP) is 3.25. The van der Waals surface area contributed by atoms with Gasteiger partial charge >= 0.3 is 0 Å². The van der Waals surface area contributed by atoms with Crippen LogP contribution in [0, 0.1) is 0 Å². The Labute approximate surface area is 160 Å². The van der Waals surface area contributed by atoms with E-state index in [0.29, 0.717) is 6.54 Å². The van der Waals surface area contributed by atoms with Crippen molar-refractivity contribution in [2.24, 2.45) is 0 Å². The highest BCUT2D eigenvalue weighted by Gasteiger charge is 2.18. The second-order valence-corrected chi connectivity index (χ2v) is 8.71. The van der Waals surface area contributed by atoms with Gasteiger partial charge in [0, 0.05) is 12.6 Å². The molecule has 2 rings (SSSR count). The molecule has 1 aromatic carbocycles. The zero-order valence-corrected chi connectivity index (χ0v) is 16.7. The Balaban J connectivity index is 1.89. The van der Waals surface area contributed by atoms with Crippen LogP contribution in [-0.2, 0) is 14.8 Å². The number of rotatable bonds is 9. The number of hydrogen-bond acceptors (Lipinski definition) is 4. The Hall–Kier alpha value is -1.31. The highest BCUT2D eigenvalue weighted by molar-refractivity contribution is 7.89. The Bertz CT molecular complexity index is 703. The van der Waals surface area contributed by atoms with Gasteiger partial charge in [-0.25, -0.2) is 13.1 Å². The fourth-order valence-corrected chi connectivity index (χ4v) is 4.29. The number of ether oxygens (including phenoxy) is 1. The first kappa shape index (κ1) is 21.0. The van der Waals surface area contributed by atoms with Crippen LogP contribution in [0.5, 0.6) is 5.75 Å². The number of carbonyl (C=O) groups is 1. The van der Waals surface area contributed by atoms with E-state index in [1.165, 1.54) is 24.6 Å². The van der Waals surface area contributed by atoms with Gasteiger partial charge in [0.25, 0.3) is 5.91 Å². The maximum absolute atomic E-state index is 12.2. The summed E-state index contributed by atoms with van der Waals surface area (Å²) in [5.74, 6) is 0.101. The summed E-state index contributed by atoms with van der Waals surface area (Å²) in [5.41, 5.74) is 0. The Morgan fingerprint density at radius 2 is 2.00 bits per heavy atom. The summed E-state index contributed by atoms with van der Waals surface area (Å²) in [6.07, 6.45) is 7.18. The summed E-state index contributed by atoms with van der Waals surface area (Å²) in [6.45, 7) is 2.23. The minimum atomic E-state index is -3.59. The number of halogens is 1. The largest absolute Gasteiger partial charge is 0.482 e. The van der Waals surface area contributed by atoms with Crippen LogP contribution in [0.25, 0.3) is 0 Å². The first-order valence-corrected chi connectivity index (χ1v) is 11.0. The number of sulfonamides is 1. The van der Waals surface area contributed by atoms with E-state index in [2.05, 4.69) is 10.0 Å². The van der Waals surface area contributed by atoms with Crippen LogP contribution in [0.3, 0.4) is 0 Å². The van der Waals surface area contributed by atoms with Crippen LogP contribution in [0.15, 0.2) is 23.1 Å². The molecule has 1 aliphatic carbocycles. The molecule has 0 heterocycles. The normalized spacial score (nSPS) is 15.6. The van der Waals surface area contributed by atoms with Gasteiger partial charge in [0.2, 0.25) is 10.0 Å². The lowest BCUT2D eigenvalue weighted by atomic mass is 9.95. The van der Waals surface area contributed by atoms with Crippen LogP contribution in [0.2, 0.25) is 5.02 Å². The Morgan fingerprint density at radius 1 is 1.27 bits per heavy atom. The van der Waals surface area contributed by atoms with Crippen molar-refractivity contribution < 1.29 is 17.9 Å². The molecule has 0 saturated heterocycles. The second kappa shape index (κ2) is 10.1. The molecule has 0 bridgehead atoms. The van der Waals surface area contributed by atoms with Gasteiger partial charge in [-0.2, -0.15) is 0 Å². The molecule has 0 unspecified atom stereocenters. The molecule has 0 spiro atoms. The molecule has 1 fully saturated rings. The lowest BCUT2D eigenvalue weighted by Crippen LogP contribution is -2.39. The van der Waals surface area contributed by atoms with Crippen molar-refractivity contribution >= 4 is 27.5 Å². The molecule has 146 valence electrons. The van der Waals surface area contributed by atoms with E-state index in [1.807, 2.05) is 6.92 Å². The topological polar surface area (TPSA) is 84.5 Å². The molecule has 1 aromatic rings. The Kier molecular flexibility index (Phi) is 8.18. The molecule has 2 N–H and O–H groups in total. The van der Waals surface area contributed by atoms with Crippen LogP contribution in [0.1, 0.15) is 51.9 Å². The summed E-state index contributed by atoms with van der Waals surface area (Å²) in [6, 6.07) is 4.46. The standard InChI is InChI=1S/C18H27ClN2O4S/c1-2-3-11-20-26(23,24)15-9-10-17(16(19)12-15)25-13-18(22)21-14-7-5-4-6-8-14/h9-10,12,14,20H,2-8,11,13H2,1H3,(H,21,22). The predicted molar refractivity (Wildman–Crippen MR) is 102 cm³/mol. The highest BCUT2D eigenvalue weighted by atomic mass is 35.5. The number of amides is 1. The summed E-state index contributed by atoms with van der Waals surface area (Å²) < 4.78 is 32.3. The highest BCUT2D eigenvalue weighted by Crippen LogP contribution is 2.27. The van der Waals surface area contributed by atoms with Gasteiger partial charge < -0.3 is 10.1 Å². The zero-order chi connectivity index (χ0) is 19.0. The third-order valence-electron chi connectivity index (χ3n) is 4.37. The van der Waals surface area contributed by atoms with Gasteiger partial charge in [-0.15, -0.1) is 0 Å². The zero-order valence-electron chi connectivity index (χ0n) is 15.1. The van der Waals surface area contributed by atoms with Crippen LogP contribution >= 0.6 is 11.6 Å². The molecule has 0 atom stereocenters. The number of carbonyl (C=O) groups excluding carboxylic acids is 1. The molecular weight excluding hydrogens is 376 g/mol. The average Bonchev–Trinajstić information content (AvgIpc) is 2.61. The fraction of sp³-hybridized carbons (Fsp3) is 0.611. The third-order valence-corrected chi connectivity index (χ3v) is 6.12. The van der Waals surface area contributed by atoms with Crippen LogP contribution in [-0.4, -0.2) is 33.5 Å². The molecule has 1 saturated carbocycles.